The van der Waals surface area contributed by atoms with Crippen molar-refractivity contribution >= 4 is 62.1 Å². The van der Waals surface area contributed by atoms with Crippen molar-refractivity contribution in [2.45, 2.75) is 13.1 Å². The molecule has 0 radical (unpaired) electrons. The molecule has 0 saturated heterocycles. The van der Waals surface area contributed by atoms with Crippen molar-refractivity contribution in [1.29, 1.82) is 0 Å². The summed E-state index contributed by atoms with van der Waals surface area (Å²) >= 11 is 0. The van der Waals surface area contributed by atoms with Crippen molar-refractivity contribution in [2.24, 2.45) is 0 Å². The molecule has 0 unspecified atom stereocenters. The summed E-state index contributed by atoms with van der Waals surface area (Å²) in [6, 6.07) is 61.3. The van der Waals surface area contributed by atoms with E-state index in [4.69, 9.17) is 9.97 Å². The van der Waals surface area contributed by atoms with Crippen LogP contribution in [0.3, 0.4) is 0 Å². The Morgan fingerprint density at radius 1 is 0.453 bits per heavy atom. The maximum absolute atomic E-state index is 5.45. The molecule has 0 saturated carbocycles. The number of rotatable bonds is 4. The predicted octanol–water partition coefficient (Wildman–Crippen LogP) is 10.8. The van der Waals surface area contributed by atoms with Crippen molar-refractivity contribution in [1.82, 2.24) is 19.1 Å². The Kier molecular flexibility index (Phi) is 6.37. The minimum absolute atomic E-state index is 0.763. The van der Waals surface area contributed by atoms with Gasteiger partial charge in [0.2, 0.25) is 0 Å². The van der Waals surface area contributed by atoms with E-state index >= 15 is 0 Å². The molecule has 0 atom stereocenters. The van der Waals surface area contributed by atoms with Crippen LogP contribution < -0.4 is 10.4 Å². The average molecular weight is 695 g/mol. The minimum atomic E-state index is -2.13. The van der Waals surface area contributed by atoms with Gasteiger partial charge in [-0.2, -0.15) is 0 Å². The van der Waals surface area contributed by atoms with Crippen LogP contribution in [0, 0.1) is 0 Å². The van der Waals surface area contributed by atoms with Gasteiger partial charge < -0.3 is 9.13 Å². The second-order valence-corrected chi connectivity index (χ2v) is 18.9. The van der Waals surface area contributed by atoms with Crippen LogP contribution in [0.1, 0.15) is 0 Å². The first-order valence-electron chi connectivity index (χ1n) is 18.3. The highest BCUT2D eigenvalue weighted by Crippen LogP contribution is 2.42. The molecule has 250 valence electrons. The Hall–Kier alpha value is -6.56. The summed E-state index contributed by atoms with van der Waals surface area (Å²) in [7, 11) is -2.13. The summed E-state index contributed by atoms with van der Waals surface area (Å²) in [5.41, 5.74) is 12.6. The van der Waals surface area contributed by atoms with Gasteiger partial charge >= 0.3 is 0 Å². The summed E-state index contributed by atoms with van der Waals surface area (Å²) in [5.74, 6) is 0.763. The van der Waals surface area contributed by atoms with E-state index in [0.29, 0.717) is 0 Å². The van der Waals surface area contributed by atoms with E-state index in [1.807, 2.05) is 6.07 Å². The zero-order chi connectivity index (χ0) is 35.3. The zero-order valence-electron chi connectivity index (χ0n) is 29.5. The molecule has 0 bridgehead atoms. The Balaban J connectivity index is 1.22. The monoisotopic (exact) mass is 694 g/mol. The summed E-state index contributed by atoms with van der Waals surface area (Å²) in [4.78, 5) is 10.8. The van der Waals surface area contributed by atoms with Crippen LogP contribution in [-0.2, 0) is 0 Å². The van der Waals surface area contributed by atoms with E-state index in [1.54, 1.807) is 0 Å². The quantitative estimate of drug-likeness (QED) is 0.172. The number of benzene rings is 7. The lowest BCUT2D eigenvalue weighted by molar-refractivity contribution is 1.17. The fourth-order valence-electron chi connectivity index (χ4n) is 8.97. The van der Waals surface area contributed by atoms with Gasteiger partial charge in [-0.3, -0.25) is 0 Å². The molecule has 0 amide bonds. The summed E-state index contributed by atoms with van der Waals surface area (Å²) in [6.07, 6.45) is 0. The smallest absolute Gasteiger partial charge is 0.160 e. The molecule has 7 aromatic carbocycles. The highest BCUT2D eigenvalue weighted by atomic mass is 28.3. The standard InChI is InChI=1S/C48H34N4Si/c1-53(2)42-27-14-11-24-38(42)45-47(53)44(49-48(50-45)31-16-5-3-6-17-31)32-18-15-21-34(30-32)52-39-25-12-9-22-35(39)36-28-29-41-43(46(36)52)37-23-10-13-26-40(37)51(41)33-19-7-4-8-20-33/h3-30H,1-2H3. The van der Waals surface area contributed by atoms with Gasteiger partial charge in [0, 0.05) is 44.0 Å². The van der Waals surface area contributed by atoms with E-state index in [0.717, 1.165) is 39.7 Å². The Morgan fingerprint density at radius 3 is 1.89 bits per heavy atom. The fraction of sp³-hybridized carbons (Fsp3) is 0.0417. The number of hydrogen-bond donors (Lipinski definition) is 0. The minimum Gasteiger partial charge on any atom is -0.309 e. The molecule has 0 aliphatic carbocycles. The van der Waals surface area contributed by atoms with Crippen molar-refractivity contribution in [2.75, 3.05) is 0 Å². The first kappa shape index (κ1) is 30.1. The molecule has 5 heteroatoms. The van der Waals surface area contributed by atoms with Gasteiger partial charge in [-0.05, 0) is 58.4 Å². The molecule has 3 aromatic heterocycles. The first-order chi connectivity index (χ1) is 26.1. The normalized spacial score (nSPS) is 13.2. The molecule has 4 heterocycles. The van der Waals surface area contributed by atoms with Gasteiger partial charge in [0.15, 0.2) is 5.82 Å². The Bertz CT molecular complexity index is 3080. The highest BCUT2D eigenvalue weighted by molar-refractivity contribution is 7.04. The second kappa shape index (κ2) is 11.2. The highest BCUT2D eigenvalue weighted by Gasteiger charge is 2.41. The molecule has 4 nitrogen and oxygen atoms in total. The van der Waals surface area contributed by atoms with E-state index in [1.165, 1.54) is 59.5 Å². The second-order valence-electron chi connectivity index (χ2n) is 14.6. The summed E-state index contributed by atoms with van der Waals surface area (Å²) in [6.45, 7) is 4.89. The number of hydrogen-bond acceptors (Lipinski definition) is 2. The van der Waals surface area contributed by atoms with Crippen molar-refractivity contribution in [3.05, 3.63) is 170 Å². The molecule has 1 aliphatic rings. The lowest BCUT2D eigenvalue weighted by Gasteiger charge is -2.22. The van der Waals surface area contributed by atoms with Gasteiger partial charge in [-0.25, -0.2) is 9.97 Å². The lowest BCUT2D eigenvalue weighted by atomic mass is 10.1. The van der Waals surface area contributed by atoms with Crippen molar-refractivity contribution in [3.63, 3.8) is 0 Å². The molecule has 10 aromatic rings. The van der Waals surface area contributed by atoms with Crippen LogP contribution >= 0.6 is 0 Å². The third-order valence-corrected chi connectivity index (χ3v) is 14.8. The topological polar surface area (TPSA) is 35.6 Å². The largest absolute Gasteiger partial charge is 0.309 e. The van der Waals surface area contributed by atoms with E-state index < -0.39 is 8.07 Å². The van der Waals surface area contributed by atoms with Crippen LogP contribution in [-0.4, -0.2) is 27.2 Å². The van der Waals surface area contributed by atoms with Crippen LogP contribution in [0.5, 0.6) is 0 Å². The van der Waals surface area contributed by atoms with Crippen molar-refractivity contribution < 1.29 is 0 Å². The third-order valence-electron chi connectivity index (χ3n) is 11.3. The predicted molar refractivity (Wildman–Crippen MR) is 224 cm³/mol. The van der Waals surface area contributed by atoms with E-state index in [9.17, 15) is 0 Å². The van der Waals surface area contributed by atoms with Crippen LogP contribution in [0.4, 0.5) is 0 Å². The van der Waals surface area contributed by atoms with E-state index in [-0.39, 0.29) is 0 Å². The van der Waals surface area contributed by atoms with Gasteiger partial charge in [0.05, 0.1) is 33.5 Å². The number of nitrogens with zero attached hydrogens (tertiary/aromatic N) is 4. The molecule has 0 N–H and O–H groups in total. The van der Waals surface area contributed by atoms with Crippen LogP contribution in [0.2, 0.25) is 13.1 Å². The summed E-state index contributed by atoms with van der Waals surface area (Å²) in [5, 5.41) is 7.71. The number of fused-ring (bicyclic) bond motifs is 10. The molecule has 0 fully saturated rings. The number of para-hydroxylation sites is 3. The van der Waals surface area contributed by atoms with Crippen molar-refractivity contribution in [3.8, 4) is 45.3 Å². The van der Waals surface area contributed by atoms with Crippen LogP contribution in [0.15, 0.2) is 170 Å². The van der Waals surface area contributed by atoms with Gasteiger partial charge in [-0.1, -0.05) is 140 Å². The van der Waals surface area contributed by atoms with Crippen LogP contribution in [0.25, 0.3) is 88.9 Å². The Labute approximate surface area is 308 Å². The van der Waals surface area contributed by atoms with E-state index in [2.05, 4.69) is 186 Å². The zero-order valence-corrected chi connectivity index (χ0v) is 30.5. The molecule has 11 rings (SSSR count). The first-order valence-corrected chi connectivity index (χ1v) is 21.3. The van der Waals surface area contributed by atoms with Gasteiger partial charge in [0.1, 0.15) is 8.07 Å². The Morgan fingerprint density at radius 2 is 1.08 bits per heavy atom. The molecule has 53 heavy (non-hydrogen) atoms. The fourth-order valence-corrected chi connectivity index (χ4v) is 12.2. The SMILES string of the molecule is C[Si]1(C)c2ccccc2-c2nc(-c3ccccc3)nc(-c3cccc(-n4c5ccccc5c5ccc6c(c7ccccc7n6-c6ccccc6)c54)c3)c21. The average Bonchev–Trinajstić information content (AvgIpc) is 3.82. The molecule has 1 aliphatic heterocycles. The third kappa shape index (κ3) is 4.29. The van der Waals surface area contributed by atoms with Gasteiger partial charge in [-0.15, -0.1) is 0 Å². The molecular weight excluding hydrogens is 661 g/mol. The maximum atomic E-state index is 5.45. The summed E-state index contributed by atoms with van der Waals surface area (Å²) < 4.78 is 4.89. The lowest BCUT2D eigenvalue weighted by Crippen LogP contribution is -2.50. The van der Waals surface area contributed by atoms with Gasteiger partial charge in [0.25, 0.3) is 0 Å². The molecule has 0 spiro atoms. The number of aromatic nitrogens is 4. The molecular formula is C48H34N4Si. The maximum Gasteiger partial charge on any atom is 0.160 e.